The van der Waals surface area contributed by atoms with Crippen LogP contribution in [0.1, 0.15) is 18.1 Å². The van der Waals surface area contributed by atoms with Crippen LogP contribution in [0.15, 0.2) is 29.3 Å². The topological polar surface area (TPSA) is 78.8 Å². The highest BCUT2D eigenvalue weighted by Gasteiger charge is 2.38. The average Bonchev–Trinajstić information content (AvgIpc) is 3.06. The summed E-state index contributed by atoms with van der Waals surface area (Å²) < 4.78 is 26.2. The molecular weight excluding hydrogens is 334 g/mol. The minimum atomic E-state index is -3.47. The van der Waals surface area contributed by atoms with Crippen LogP contribution in [0.2, 0.25) is 0 Å². The van der Waals surface area contributed by atoms with Crippen LogP contribution in [0, 0.1) is 0 Å². The van der Waals surface area contributed by atoms with Gasteiger partial charge in [0.2, 0.25) is 15.9 Å². The van der Waals surface area contributed by atoms with Crippen molar-refractivity contribution in [3.63, 3.8) is 0 Å². The summed E-state index contributed by atoms with van der Waals surface area (Å²) in [5.41, 5.74) is 1.98. The smallest absolute Gasteiger partial charge is 0.244 e. The van der Waals surface area contributed by atoms with Crippen molar-refractivity contribution in [1.29, 1.82) is 0 Å². The third-order valence-corrected chi connectivity index (χ3v) is 6.76. The average molecular weight is 353 g/mol. The number of thioether (sulfide) groups is 1. The first-order chi connectivity index (χ1) is 11.0. The van der Waals surface area contributed by atoms with E-state index >= 15 is 0 Å². The number of carbonyl (C=O) groups is 1. The molecule has 0 saturated heterocycles. The van der Waals surface area contributed by atoms with Crippen molar-refractivity contribution in [1.82, 2.24) is 9.62 Å². The summed E-state index contributed by atoms with van der Waals surface area (Å²) in [6.07, 6.45) is 0.388. The number of fused-ring (bicyclic) bond motifs is 1. The summed E-state index contributed by atoms with van der Waals surface area (Å²) >= 11 is 1.48. The Kier molecular flexibility index (Phi) is 4.74. The van der Waals surface area contributed by atoms with Gasteiger partial charge in [-0.3, -0.25) is 9.79 Å². The Balaban J connectivity index is 1.89. The maximum Gasteiger partial charge on any atom is 0.244 e. The SMILES string of the molecule is CCS(=O)(=O)N1Cc2ccccc2C[C@H]1C(=O)NC1=NCCS1. The molecule has 0 saturated carbocycles. The molecule has 3 rings (SSSR count). The number of nitrogens with zero attached hydrogens (tertiary/aromatic N) is 2. The predicted octanol–water partition coefficient (Wildman–Crippen LogP) is 0.982. The normalized spacial score (nSPS) is 21.6. The van der Waals surface area contributed by atoms with Gasteiger partial charge in [0.05, 0.1) is 12.3 Å². The van der Waals surface area contributed by atoms with E-state index in [1.807, 2.05) is 24.3 Å². The van der Waals surface area contributed by atoms with Crippen LogP contribution in [-0.2, 0) is 27.8 Å². The quantitative estimate of drug-likeness (QED) is 0.879. The molecule has 2 aliphatic rings. The van der Waals surface area contributed by atoms with E-state index < -0.39 is 16.1 Å². The molecule has 0 aliphatic carbocycles. The van der Waals surface area contributed by atoms with Gasteiger partial charge in [0.1, 0.15) is 6.04 Å². The van der Waals surface area contributed by atoms with Gasteiger partial charge in [0.15, 0.2) is 5.17 Å². The second-order valence-corrected chi connectivity index (χ2v) is 8.75. The molecule has 2 aliphatic heterocycles. The van der Waals surface area contributed by atoms with E-state index in [1.54, 1.807) is 6.92 Å². The Morgan fingerprint density at radius 2 is 2.13 bits per heavy atom. The Morgan fingerprint density at radius 1 is 1.39 bits per heavy atom. The molecule has 1 N–H and O–H groups in total. The minimum Gasteiger partial charge on any atom is -0.304 e. The van der Waals surface area contributed by atoms with Crippen molar-refractivity contribution in [2.24, 2.45) is 4.99 Å². The number of carbonyl (C=O) groups excluding carboxylic acids is 1. The summed E-state index contributed by atoms with van der Waals surface area (Å²) in [5.74, 6) is 0.527. The summed E-state index contributed by atoms with van der Waals surface area (Å²) in [4.78, 5) is 16.8. The fourth-order valence-electron chi connectivity index (χ4n) is 2.78. The first kappa shape index (κ1) is 16.5. The fourth-order valence-corrected chi connectivity index (χ4v) is 4.74. The molecule has 1 amide bonds. The zero-order valence-corrected chi connectivity index (χ0v) is 14.5. The molecule has 8 heteroatoms. The zero-order valence-electron chi connectivity index (χ0n) is 12.9. The number of amidine groups is 1. The number of amides is 1. The van der Waals surface area contributed by atoms with E-state index in [-0.39, 0.29) is 18.2 Å². The van der Waals surface area contributed by atoms with Crippen LogP contribution in [0.25, 0.3) is 0 Å². The maximum absolute atomic E-state index is 12.6. The van der Waals surface area contributed by atoms with Gasteiger partial charge < -0.3 is 5.32 Å². The van der Waals surface area contributed by atoms with Crippen LogP contribution in [0.4, 0.5) is 0 Å². The van der Waals surface area contributed by atoms with E-state index in [2.05, 4.69) is 10.3 Å². The van der Waals surface area contributed by atoms with E-state index in [9.17, 15) is 13.2 Å². The van der Waals surface area contributed by atoms with Crippen molar-refractivity contribution in [2.75, 3.05) is 18.1 Å². The minimum absolute atomic E-state index is 0.0192. The highest BCUT2D eigenvalue weighted by atomic mass is 32.2. The summed E-state index contributed by atoms with van der Waals surface area (Å²) in [6.45, 7) is 2.52. The molecule has 1 atom stereocenters. The van der Waals surface area contributed by atoms with Crippen molar-refractivity contribution < 1.29 is 13.2 Å². The highest BCUT2D eigenvalue weighted by molar-refractivity contribution is 8.14. The lowest BCUT2D eigenvalue weighted by atomic mass is 9.95. The molecule has 0 spiro atoms. The van der Waals surface area contributed by atoms with Gasteiger partial charge in [-0.15, -0.1) is 0 Å². The Bertz CT molecular complexity index is 746. The fraction of sp³-hybridized carbons (Fsp3) is 0.467. The number of benzene rings is 1. The summed E-state index contributed by atoms with van der Waals surface area (Å²) in [6, 6.07) is 6.94. The van der Waals surface area contributed by atoms with Gasteiger partial charge in [-0.1, -0.05) is 36.0 Å². The number of hydrogen-bond donors (Lipinski definition) is 1. The van der Waals surface area contributed by atoms with Crippen molar-refractivity contribution >= 4 is 32.9 Å². The van der Waals surface area contributed by atoms with Gasteiger partial charge in [0, 0.05) is 12.3 Å². The molecule has 124 valence electrons. The first-order valence-electron chi connectivity index (χ1n) is 7.55. The number of nitrogens with one attached hydrogen (secondary N) is 1. The van der Waals surface area contributed by atoms with Gasteiger partial charge in [-0.05, 0) is 24.5 Å². The first-order valence-corrected chi connectivity index (χ1v) is 10.1. The lowest BCUT2D eigenvalue weighted by Crippen LogP contribution is -2.53. The second kappa shape index (κ2) is 6.62. The standard InChI is InChI=1S/C15H19N3O3S2/c1-2-23(20,21)18-10-12-6-4-3-5-11(12)9-13(18)14(19)17-15-16-7-8-22-15/h3-6,13H,2,7-10H2,1H3,(H,16,17,19)/t13-/m0/s1. The van der Waals surface area contributed by atoms with E-state index in [0.717, 1.165) is 16.9 Å². The molecule has 0 bridgehead atoms. The molecular formula is C15H19N3O3S2. The number of hydrogen-bond acceptors (Lipinski definition) is 5. The van der Waals surface area contributed by atoms with Crippen LogP contribution < -0.4 is 5.32 Å². The second-order valence-electron chi connectivity index (χ2n) is 5.46. The molecule has 0 unspecified atom stereocenters. The molecule has 0 fully saturated rings. The third kappa shape index (κ3) is 3.44. The van der Waals surface area contributed by atoms with E-state index in [0.29, 0.717) is 18.1 Å². The van der Waals surface area contributed by atoms with Gasteiger partial charge >= 0.3 is 0 Å². The molecule has 0 aromatic heterocycles. The zero-order chi connectivity index (χ0) is 16.4. The molecule has 2 heterocycles. The summed E-state index contributed by atoms with van der Waals surface area (Å²) in [5, 5.41) is 3.36. The largest absolute Gasteiger partial charge is 0.304 e. The van der Waals surface area contributed by atoms with Crippen LogP contribution in [-0.4, -0.2) is 47.9 Å². The maximum atomic E-state index is 12.6. The van der Waals surface area contributed by atoms with E-state index in [1.165, 1.54) is 16.1 Å². The van der Waals surface area contributed by atoms with Gasteiger partial charge in [0.25, 0.3) is 0 Å². The Hall–Kier alpha value is -1.38. The Morgan fingerprint density at radius 3 is 2.78 bits per heavy atom. The highest BCUT2D eigenvalue weighted by Crippen LogP contribution is 2.26. The van der Waals surface area contributed by atoms with Crippen LogP contribution >= 0.6 is 11.8 Å². The van der Waals surface area contributed by atoms with Crippen LogP contribution in [0.3, 0.4) is 0 Å². The molecule has 6 nitrogen and oxygen atoms in total. The summed E-state index contributed by atoms with van der Waals surface area (Å²) in [7, 11) is -3.47. The van der Waals surface area contributed by atoms with Gasteiger partial charge in [-0.25, -0.2) is 8.42 Å². The van der Waals surface area contributed by atoms with Crippen molar-refractivity contribution in [3.8, 4) is 0 Å². The van der Waals surface area contributed by atoms with Crippen LogP contribution in [0.5, 0.6) is 0 Å². The number of aliphatic imine (C=N–C) groups is 1. The third-order valence-electron chi connectivity index (χ3n) is 4.05. The lowest BCUT2D eigenvalue weighted by molar-refractivity contribution is -0.123. The number of rotatable bonds is 3. The molecule has 1 aromatic rings. The van der Waals surface area contributed by atoms with E-state index in [4.69, 9.17) is 0 Å². The molecule has 23 heavy (non-hydrogen) atoms. The lowest BCUT2D eigenvalue weighted by Gasteiger charge is -2.34. The van der Waals surface area contributed by atoms with Crippen molar-refractivity contribution in [3.05, 3.63) is 35.4 Å². The van der Waals surface area contributed by atoms with Crippen molar-refractivity contribution in [2.45, 2.75) is 25.9 Å². The molecule has 0 radical (unpaired) electrons. The Labute approximate surface area is 140 Å². The number of sulfonamides is 1. The monoisotopic (exact) mass is 353 g/mol. The predicted molar refractivity (Wildman–Crippen MR) is 91.8 cm³/mol. The molecule has 1 aromatic carbocycles. The van der Waals surface area contributed by atoms with Gasteiger partial charge in [-0.2, -0.15) is 4.31 Å².